The number of nitrogen functional groups attached to an aromatic ring is 1. The SMILES string of the molecule is COC(=O)c1c(N)c(C#N)cn1-c1ccc(Oc2c(F)cc(C(F)(F)F)cc2F)c(F)c1. The van der Waals surface area contributed by atoms with Gasteiger partial charge in [0.15, 0.2) is 34.6 Å². The predicted molar refractivity (Wildman–Crippen MR) is 97.6 cm³/mol. The van der Waals surface area contributed by atoms with Crippen molar-refractivity contribution in [3.63, 3.8) is 0 Å². The molecule has 0 saturated heterocycles. The Bertz CT molecular complexity index is 1240. The molecule has 0 spiro atoms. The van der Waals surface area contributed by atoms with Crippen LogP contribution in [0.1, 0.15) is 21.6 Å². The van der Waals surface area contributed by atoms with Crippen molar-refractivity contribution in [2.24, 2.45) is 0 Å². The fourth-order valence-electron chi connectivity index (χ4n) is 2.77. The molecule has 166 valence electrons. The fourth-order valence-corrected chi connectivity index (χ4v) is 2.77. The Kier molecular flexibility index (Phi) is 5.76. The van der Waals surface area contributed by atoms with Crippen LogP contribution in [0, 0.1) is 28.8 Å². The topological polar surface area (TPSA) is 90.3 Å². The summed E-state index contributed by atoms with van der Waals surface area (Å²) in [5.41, 5.74) is 3.56. The summed E-state index contributed by atoms with van der Waals surface area (Å²) in [6.07, 6.45) is -3.85. The number of carbonyl (C=O) groups excluding carboxylic acids is 1. The van der Waals surface area contributed by atoms with Crippen LogP contribution in [0.2, 0.25) is 0 Å². The second kappa shape index (κ2) is 8.18. The summed E-state index contributed by atoms with van der Waals surface area (Å²) in [6.45, 7) is 0. The molecule has 12 heteroatoms. The van der Waals surface area contributed by atoms with E-state index in [0.29, 0.717) is 0 Å². The van der Waals surface area contributed by atoms with E-state index in [9.17, 15) is 31.1 Å². The molecule has 32 heavy (non-hydrogen) atoms. The van der Waals surface area contributed by atoms with Gasteiger partial charge >= 0.3 is 12.1 Å². The van der Waals surface area contributed by atoms with Crippen LogP contribution in [0.3, 0.4) is 0 Å². The molecule has 0 bridgehead atoms. The molecule has 3 rings (SSSR count). The summed E-state index contributed by atoms with van der Waals surface area (Å²) < 4.78 is 91.0. The lowest BCUT2D eigenvalue weighted by atomic mass is 10.2. The van der Waals surface area contributed by atoms with Crippen molar-refractivity contribution < 1.29 is 40.6 Å². The summed E-state index contributed by atoms with van der Waals surface area (Å²) in [5.74, 6) is -7.43. The molecule has 0 atom stereocenters. The molecule has 0 fully saturated rings. The van der Waals surface area contributed by atoms with Gasteiger partial charge in [-0.3, -0.25) is 0 Å². The summed E-state index contributed by atoms with van der Waals surface area (Å²) in [7, 11) is 1.07. The third-order valence-electron chi connectivity index (χ3n) is 4.27. The fraction of sp³-hybridized carbons (Fsp3) is 0.100. The minimum Gasteiger partial charge on any atom is -0.464 e. The number of aromatic nitrogens is 1. The molecule has 0 aliphatic heterocycles. The van der Waals surface area contributed by atoms with Gasteiger partial charge < -0.3 is 19.8 Å². The molecule has 0 unspecified atom stereocenters. The second-order valence-electron chi connectivity index (χ2n) is 6.26. The van der Waals surface area contributed by atoms with E-state index in [0.717, 1.165) is 36.1 Å². The molecule has 2 N–H and O–H groups in total. The molecule has 6 nitrogen and oxygen atoms in total. The van der Waals surface area contributed by atoms with Crippen molar-refractivity contribution in [1.82, 2.24) is 4.57 Å². The van der Waals surface area contributed by atoms with Crippen molar-refractivity contribution in [1.29, 1.82) is 5.26 Å². The highest BCUT2D eigenvalue weighted by Crippen LogP contribution is 2.36. The van der Waals surface area contributed by atoms with Gasteiger partial charge in [0, 0.05) is 18.0 Å². The number of hydrogen-bond donors (Lipinski definition) is 1. The normalized spacial score (nSPS) is 11.2. The van der Waals surface area contributed by atoms with Gasteiger partial charge in [0.1, 0.15) is 6.07 Å². The van der Waals surface area contributed by atoms with Crippen LogP contribution in [0.4, 0.5) is 32.0 Å². The van der Waals surface area contributed by atoms with E-state index in [1.165, 1.54) is 0 Å². The number of alkyl halides is 3. The number of ether oxygens (including phenoxy) is 2. The molecule has 0 aliphatic carbocycles. The van der Waals surface area contributed by atoms with Gasteiger partial charge in [-0.2, -0.15) is 18.4 Å². The Morgan fingerprint density at radius 3 is 2.22 bits per heavy atom. The van der Waals surface area contributed by atoms with E-state index >= 15 is 0 Å². The van der Waals surface area contributed by atoms with Crippen LogP contribution in [-0.4, -0.2) is 17.6 Å². The van der Waals surface area contributed by atoms with Gasteiger partial charge in [-0.25, -0.2) is 18.0 Å². The largest absolute Gasteiger partial charge is 0.464 e. The molecule has 0 amide bonds. The molecule has 0 radical (unpaired) electrons. The average Bonchev–Trinajstić information content (AvgIpc) is 3.06. The second-order valence-corrected chi connectivity index (χ2v) is 6.26. The van der Waals surface area contributed by atoms with Gasteiger partial charge in [0.2, 0.25) is 0 Å². The number of carbonyl (C=O) groups is 1. The third kappa shape index (κ3) is 4.04. The van der Waals surface area contributed by atoms with Crippen molar-refractivity contribution >= 4 is 11.7 Å². The highest BCUT2D eigenvalue weighted by atomic mass is 19.4. The van der Waals surface area contributed by atoms with Crippen LogP contribution in [0.25, 0.3) is 5.69 Å². The number of benzene rings is 2. The highest BCUT2D eigenvalue weighted by Gasteiger charge is 2.33. The summed E-state index contributed by atoms with van der Waals surface area (Å²) in [4.78, 5) is 12.0. The lowest BCUT2D eigenvalue weighted by Gasteiger charge is -2.13. The number of esters is 1. The number of rotatable bonds is 4. The minimum absolute atomic E-state index is 0.0132. The Morgan fingerprint density at radius 1 is 1.09 bits per heavy atom. The Labute approximate surface area is 176 Å². The van der Waals surface area contributed by atoms with Crippen LogP contribution in [-0.2, 0) is 10.9 Å². The Morgan fingerprint density at radius 2 is 1.72 bits per heavy atom. The van der Waals surface area contributed by atoms with Crippen LogP contribution in [0.15, 0.2) is 36.5 Å². The summed E-state index contributed by atoms with van der Waals surface area (Å²) in [6, 6.07) is 4.66. The quantitative estimate of drug-likeness (QED) is 0.444. The van der Waals surface area contributed by atoms with Crippen molar-refractivity contribution in [3.05, 3.63) is 70.8 Å². The number of halogens is 6. The molecule has 1 heterocycles. The van der Waals surface area contributed by atoms with E-state index < -0.39 is 46.7 Å². The van der Waals surface area contributed by atoms with E-state index in [2.05, 4.69) is 4.74 Å². The number of hydrogen-bond acceptors (Lipinski definition) is 5. The molecular formula is C20H11F6N3O3. The van der Waals surface area contributed by atoms with Gasteiger partial charge in [-0.15, -0.1) is 0 Å². The Hall–Kier alpha value is -4.14. The van der Waals surface area contributed by atoms with Gasteiger partial charge in [-0.05, 0) is 24.3 Å². The zero-order valence-corrected chi connectivity index (χ0v) is 15.9. The zero-order chi connectivity index (χ0) is 23.8. The van der Waals surface area contributed by atoms with Gasteiger partial charge in [0.05, 0.1) is 23.9 Å². The molecule has 1 aromatic heterocycles. The maximum absolute atomic E-state index is 14.6. The van der Waals surface area contributed by atoms with Gasteiger partial charge in [-0.1, -0.05) is 0 Å². The number of nitrogens with zero attached hydrogens (tertiary/aromatic N) is 2. The predicted octanol–water partition coefficient (Wildman–Crippen LogP) is 4.95. The van der Waals surface area contributed by atoms with Crippen molar-refractivity contribution in [3.8, 4) is 23.3 Å². The molecule has 3 aromatic rings. The van der Waals surface area contributed by atoms with Crippen molar-refractivity contribution in [2.75, 3.05) is 12.8 Å². The lowest BCUT2D eigenvalue weighted by molar-refractivity contribution is -0.138. The van der Waals surface area contributed by atoms with Crippen LogP contribution >= 0.6 is 0 Å². The third-order valence-corrected chi connectivity index (χ3v) is 4.27. The van der Waals surface area contributed by atoms with Gasteiger partial charge in [0.25, 0.3) is 0 Å². The van der Waals surface area contributed by atoms with Crippen LogP contribution in [0.5, 0.6) is 11.5 Å². The zero-order valence-electron chi connectivity index (χ0n) is 15.9. The number of anilines is 1. The van der Waals surface area contributed by atoms with E-state index in [1.54, 1.807) is 6.07 Å². The molecule has 0 saturated carbocycles. The Balaban J connectivity index is 2.01. The first-order chi connectivity index (χ1) is 15.0. The average molecular weight is 455 g/mol. The highest BCUT2D eigenvalue weighted by molar-refractivity contribution is 5.95. The molecular weight excluding hydrogens is 444 g/mol. The number of methoxy groups -OCH3 is 1. The van der Waals surface area contributed by atoms with E-state index in [1.807, 2.05) is 0 Å². The maximum Gasteiger partial charge on any atom is 0.416 e. The minimum atomic E-state index is -4.99. The number of nitriles is 1. The standard InChI is InChI=1S/C20H11F6N3O3/c1-31-19(30)17-16(28)9(7-27)8-29(17)11-2-3-15(12(21)6-11)32-18-13(22)4-10(5-14(18)23)20(24,25)26/h2-6,8H,28H2,1H3. The smallest absolute Gasteiger partial charge is 0.416 e. The first-order valence-corrected chi connectivity index (χ1v) is 8.51. The van der Waals surface area contributed by atoms with Crippen molar-refractivity contribution in [2.45, 2.75) is 6.18 Å². The first-order valence-electron chi connectivity index (χ1n) is 8.51. The maximum atomic E-state index is 14.6. The molecule has 2 aromatic carbocycles. The monoisotopic (exact) mass is 455 g/mol. The number of nitrogens with two attached hydrogens (primary N) is 1. The van der Waals surface area contributed by atoms with E-state index in [-0.39, 0.29) is 34.8 Å². The summed E-state index contributed by atoms with van der Waals surface area (Å²) in [5, 5.41) is 9.11. The van der Waals surface area contributed by atoms with Crippen LogP contribution < -0.4 is 10.5 Å². The summed E-state index contributed by atoms with van der Waals surface area (Å²) >= 11 is 0. The molecule has 0 aliphatic rings. The lowest BCUT2D eigenvalue weighted by Crippen LogP contribution is -2.11. The first kappa shape index (κ1) is 22.5. The van der Waals surface area contributed by atoms with E-state index in [4.69, 9.17) is 15.7 Å².